The zero-order valence-corrected chi connectivity index (χ0v) is 24.6. The van der Waals surface area contributed by atoms with Crippen LogP contribution in [0, 0.1) is 6.07 Å². The van der Waals surface area contributed by atoms with Gasteiger partial charge in [0.15, 0.2) is 0 Å². The minimum atomic E-state index is 0. The van der Waals surface area contributed by atoms with Crippen molar-refractivity contribution < 1.29 is 20.1 Å². The summed E-state index contributed by atoms with van der Waals surface area (Å²) < 4.78 is 0. The molecule has 8 rings (SSSR count). The molecule has 0 aliphatic heterocycles. The summed E-state index contributed by atoms with van der Waals surface area (Å²) in [4.78, 5) is 9.14. The van der Waals surface area contributed by atoms with Crippen LogP contribution in [-0.4, -0.2) is 9.97 Å². The van der Waals surface area contributed by atoms with Crippen LogP contribution < -0.4 is 0 Å². The van der Waals surface area contributed by atoms with Crippen molar-refractivity contribution in [3.05, 3.63) is 158 Å². The molecule has 0 spiro atoms. The maximum atomic E-state index is 4.58. The minimum absolute atomic E-state index is 0. The SMILES string of the molecule is C.[Ir].[c-]1ccccc1-c1nccc2c1ccc1ccccc12.c1ccc(-c2nccc3c2ccc2ccccc23)cc1. The number of pyridine rings is 2. The Morgan fingerprint density at radius 2 is 0.929 bits per heavy atom. The standard InChI is InChI=1S/C19H13N.C19H12N.CH4.Ir/c2*1-2-7-15(8-3-1)19-18-11-10-14-6-4-5-9-16(14)17(18)12-13-20-19;;/h1-13H;1-7,9-13H;1H4;/q;-1;;. The summed E-state index contributed by atoms with van der Waals surface area (Å²) in [5.41, 5.74) is 4.24. The van der Waals surface area contributed by atoms with Gasteiger partial charge in [-0.2, -0.15) is 0 Å². The second-order valence-corrected chi connectivity index (χ2v) is 9.73. The van der Waals surface area contributed by atoms with Crippen molar-refractivity contribution in [1.29, 1.82) is 0 Å². The zero-order chi connectivity index (χ0) is 26.7. The van der Waals surface area contributed by atoms with E-state index in [1.807, 2.05) is 36.7 Å². The number of aromatic nitrogens is 2. The van der Waals surface area contributed by atoms with Gasteiger partial charge < -0.3 is 4.98 Å². The van der Waals surface area contributed by atoms with Crippen LogP contribution in [0.25, 0.3) is 65.6 Å². The van der Waals surface area contributed by atoms with Crippen molar-refractivity contribution in [3.8, 4) is 22.5 Å². The molecule has 0 aliphatic carbocycles. The average molecular weight is 718 g/mol. The molecule has 0 fully saturated rings. The van der Waals surface area contributed by atoms with Crippen molar-refractivity contribution in [1.82, 2.24) is 9.97 Å². The number of benzene rings is 6. The Kier molecular flexibility index (Phi) is 8.83. The molecule has 0 bridgehead atoms. The van der Waals surface area contributed by atoms with Gasteiger partial charge in [-0.25, -0.2) is 0 Å². The molecule has 1 radical (unpaired) electrons. The van der Waals surface area contributed by atoms with Crippen LogP contribution in [0.4, 0.5) is 0 Å². The Morgan fingerprint density at radius 3 is 1.52 bits per heavy atom. The molecule has 8 aromatic rings. The van der Waals surface area contributed by atoms with Gasteiger partial charge in [-0.3, -0.25) is 4.98 Å². The molecule has 0 saturated heterocycles. The van der Waals surface area contributed by atoms with Gasteiger partial charge in [-0.15, -0.1) is 35.9 Å². The van der Waals surface area contributed by atoms with Crippen LogP contribution >= 0.6 is 0 Å². The fourth-order valence-electron chi connectivity index (χ4n) is 5.46. The fourth-order valence-corrected chi connectivity index (χ4v) is 5.46. The Hall–Kier alpha value is -4.69. The predicted molar refractivity (Wildman–Crippen MR) is 175 cm³/mol. The Bertz CT molecular complexity index is 1950. The van der Waals surface area contributed by atoms with Gasteiger partial charge in [0.1, 0.15) is 0 Å². The second kappa shape index (κ2) is 12.9. The molecule has 2 heterocycles. The van der Waals surface area contributed by atoms with Crippen molar-refractivity contribution in [2.24, 2.45) is 0 Å². The van der Waals surface area contributed by atoms with E-state index in [1.165, 1.54) is 43.1 Å². The van der Waals surface area contributed by atoms with E-state index in [4.69, 9.17) is 0 Å². The van der Waals surface area contributed by atoms with Gasteiger partial charge in [0, 0.05) is 43.4 Å². The number of hydrogen-bond donors (Lipinski definition) is 0. The molecule has 0 saturated carbocycles. The normalized spacial score (nSPS) is 10.5. The predicted octanol–water partition coefficient (Wildman–Crippen LogP) is 10.5. The van der Waals surface area contributed by atoms with Crippen molar-refractivity contribution in [2.75, 3.05) is 0 Å². The summed E-state index contributed by atoms with van der Waals surface area (Å²) in [6.45, 7) is 0. The summed E-state index contributed by atoms with van der Waals surface area (Å²) >= 11 is 0. The van der Waals surface area contributed by atoms with E-state index < -0.39 is 0 Å². The molecule has 0 unspecified atom stereocenters. The van der Waals surface area contributed by atoms with Crippen LogP contribution in [0.15, 0.2) is 152 Å². The molecule has 6 aromatic carbocycles. The van der Waals surface area contributed by atoms with E-state index in [1.54, 1.807) is 0 Å². The maximum absolute atomic E-state index is 4.58. The first-order valence-electron chi connectivity index (χ1n) is 13.4. The zero-order valence-electron chi connectivity index (χ0n) is 22.2. The van der Waals surface area contributed by atoms with Crippen LogP contribution in [0.3, 0.4) is 0 Å². The van der Waals surface area contributed by atoms with Gasteiger partial charge in [-0.05, 0) is 55.5 Å². The summed E-state index contributed by atoms with van der Waals surface area (Å²) in [6, 6.07) is 51.4. The third-order valence-corrected chi connectivity index (χ3v) is 7.35. The largest absolute Gasteiger partial charge is 0.304 e. The molecule has 42 heavy (non-hydrogen) atoms. The van der Waals surface area contributed by atoms with E-state index in [2.05, 4.69) is 131 Å². The van der Waals surface area contributed by atoms with E-state index in [9.17, 15) is 0 Å². The monoisotopic (exact) mass is 718 g/mol. The third-order valence-electron chi connectivity index (χ3n) is 7.35. The van der Waals surface area contributed by atoms with Crippen LogP contribution in [0.1, 0.15) is 7.43 Å². The number of hydrogen-bond acceptors (Lipinski definition) is 2. The van der Waals surface area contributed by atoms with Crippen molar-refractivity contribution in [3.63, 3.8) is 0 Å². The number of rotatable bonds is 2. The second-order valence-electron chi connectivity index (χ2n) is 9.73. The maximum Gasteiger partial charge on any atom is 0.0780 e. The summed E-state index contributed by atoms with van der Waals surface area (Å²) in [5.74, 6) is 0. The van der Waals surface area contributed by atoms with Gasteiger partial charge in [0.25, 0.3) is 0 Å². The Balaban J connectivity index is 0.000000160. The molecule has 0 atom stereocenters. The molecular weight excluding hydrogens is 689 g/mol. The third kappa shape index (κ3) is 5.45. The van der Waals surface area contributed by atoms with Gasteiger partial charge in [-0.1, -0.05) is 111 Å². The van der Waals surface area contributed by atoms with Gasteiger partial charge in [0.05, 0.1) is 5.69 Å². The average Bonchev–Trinajstić information content (AvgIpc) is 3.05. The Morgan fingerprint density at radius 1 is 0.405 bits per heavy atom. The molecular formula is C39H29IrN2-. The van der Waals surface area contributed by atoms with Gasteiger partial charge in [0.2, 0.25) is 0 Å². The van der Waals surface area contributed by atoms with E-state index in [0.717, 1.165) is 22.5 Å². The molecule has 3 heteroatoms. The molecule has 0 aliphatic rings. The fraction of sp³-hybridized carbons (Fsp3) is 0.0256. The number of fused-ring (bicyclic) bond motifs is 6. The molecule has 2 nitrogen and oxygen atoms in total. The first-order valence-corrected chi connectivity index (χ1v) is 13.4. The Labute approximate surface area is 260 Å². The van der Waals surface area contributed by atoms with Crippen LogP contribution in [-0.2, 0) is 20.1 Å². The van der Waals surface area contributed by atoms with Crippen LogP contribution in [0.5, 0.6) is 0 Å². The summed E-state index contributed by atoms with van der Waals surface area (Å²) in [7, 11) is 0. The van der Waals surface area contributed by atoms with E-state index >= 15 is 0 Å². The quantitative estimate of drug-likeness (QED) is 0.131. The first kappa shape index (κ1) is 28.8. The molecule has 0 N–H and O–H groups in total. The van der Waals surface area contributed by atoms with Crippen LogP contribution in [0.2, 0.25) is 0 Å². The van der Waals surface area contributed by atoms with Crippen molar-refractivity contribution >= 4 is 43.1 Å². The molecule has 205 valence electrons. The minimum Gasteiger partial charge on any atom is -0.304 e. The first-order chi connectivity index (χ1) is 19.9. The molecule has 2 aromatic heterocycles. The molecule has 0 amide bonds. The van der Waals surface area contributed by atoms with Crippen molar-refractivity contribution in [2.45, 2.75) is 7.43 Å². The summed E-state index contributed by atoms with van der Waals surface area (Å²) in [6.07, 6.45) is 3.78. The van der Waals surface area contributed by atoms with E-state index in [0.29, 0.717) is 0 Å². The topological polar surface area (TPSA) is 25.8 Å². The number of nitrogens with zero attached hydrogens (tertiary/aromatic N) is 2. The smallest absolute Gasteiger partial charge is 0.0780 e. The van der Waals surface area contributed by atoms with E-state index in [-0.39, 0.29) is 27.5 Å². The van der Waals surface area contributed by atoms with Gasteiger partial charge >= 0.3 is 0 Å². The summed E-state index contributed by atoms with van der Waals surface area (Å²) in [5, 5.41) is 9.96.